The SMILES string of the molecule is CCCN(CCC)CCCOc1cc2ncnc(OC3=C(F)Cc4cc(C)[nH]c4C=C3)c2cc1OC.CO. The van der Waals surface area contributed by atoms with Gasteiger partial charge < -0.3 is 29.2 Å². The van der Waals surface area contributed by atoms with E-state index >= 15 is 4.39 Å². The van der Waals surface area contributed by atoms with E-state index < -0.39 is 0 Å². The summed E-state index contributed by atoms with van der Waals surface area (Å²) in [7, 11) is 2.59. The van der Waals surface area contributed by atoms with Gasteiger partial charge in [0.1, 0.15) is 12.2 Å². The van der Waals surface area contributed by atoms with Crippen LogP contribution in [0.2, 0.25) is 0 Å². The molecule has 9 heteroatoms. The Morgan fingerprint density at radius 3 is 2.50 bits per heavy atom. The van der Waals surface area contributed by atoms with Gasteiger partial charge in [0.05, 0.1) is 24.6 Å². The van der Waals surface area contributed by atoms with Crippen molar-refractivity contribution in [2.75, 3.05) is 40.5 Å². The number of aromatic nitrogens is 3. The van der Waals surface area contributed by atoms with Crippen LogP contribution in [0.25, 0.3) is 17.0 Å². The van der Waals surface area contributed by atoms with Crippen molar-refractivity contribution in [1.82, 2.24) is 19.9 Å². The third kappa shape index (κ3) is 7.33. The van der Waals surface area contributed by atoms with E-state index in [2.05, 4.69) is 33.7 Å². The first-order valence-electron chi connectivity index (χ1n) is 13.1. The highest BCUT2D eigenvalue weighted by atomic mass is 19.1. The number of aliphatic hydroxyl groups is 1. The van der Waals surface area contributed by atoms with Crippen LogP contribution in [-0.4, -0.2) is 65.4 Å². The van der Waals surface area contributed by atoms with Crippen LogP contribution in [0.4, 0.5) is 4.39 Å². The number of ether oxygens (including phenoxy) is 3. The molecule has 4 rings (SSSR count). The molecule has 0 unspecified atom stereocenters. The molecule has 38 heavy (non-hydrogen) atoms. The van der Waals surface area contributed by atoms with E-state index in [0.717, 1.165) is 63.0 Å². The fourth-order valence-corrected chi connectivity index (χ4v) is 4.49. The Kier molecular flexibility index (Phi) is 11.1. The molecule has 8 nitrogen and oxygen atoms in total. The molecule has 2 N–H and O–H groups in total. The number of halogens is 1. The van der Waals surface area contributed by atoms with E-state index in [-0.39, 0.29) is 23.9 Å². The summed E-state index contributed by atoms with van der Waals surface area (Å²) in [5.74, 6) is 1.19. The lowest BCUT2D eigenvalue weighted by molar-refractivity contribution is 0.230. The average Bonchev–Trinajstić information content (AvgIpc) is 3.21. The van der Waals surface area contributed by atoms with Gasteiger partial charge in [-0.05, 0) is 69.1 Å². The minimum atomic E-state index is -0.358. The number of nitrogens with zero attached hydrogens (tertiary/aromatic N) is 3. The fraction of sp³-hybridized carbons (Fsp3) is 0.448. The van der Waals surface area contributed by atoms with Crippen molar-refractivity contribution in [2.45, 2.75) is 46.5 Å². The lowest BCUT2D eigenvalue weighted by atomic mass is 10.1. The number of aryl methyl sites for hydroxylation is 1. The van der Waals surface area contributed by atoms with Crippen molar-refractivity contribution >= 4 is 17.0 Å². The summed E-state index contributed by atoms with van der Waals surface area (Å²) < 4.78 is 32.6. The van der Waals surface area contributed by atoms with Crippen molar-refractivity contribution in [1.29, 1.82) is 0 Å². The van der Waals surface area contributed by atoms with Crippen LogP contribution in [-0.2, 0) is 6.42 Å². The summed E-state index contributed by atoms with van der Waals surface area (Å²) in [5, 5.41) is 7.62. The number of hydrogen-bond acceptors (Lipinski definition) is 7. The van der Waals surface area contributed by atoms with Crippen molar-refractivity contribution in [2.24, 2.45) is 0 Å². The van der Waals surface area contributed by atoms with E-state index in [1.807, 2.05) is 25.1 Å². The molecule has 0 radical (unpaired) electrons. The molecule has 0 saturated carbocycles. The molecule has 0 atom stereocenters. The first-order valence-corrected chi connectivity index (χ1v) is 13.1. The topological polar surface area (TPSA) is 92.7 Å². The molecule has 0 aliphatic heterocycles. The molecule has 2 aromatic heterocycles. The second kappa shape index (κ2) is 14.5. The van der Waals surface area contributed by atoms with Crippen LogP contribution in [0, 0.1) is 6.92 Å². The Morgan fingerprint density at radius 1 is 1.03 bits per heavy atom. The first kappa shape index (κ1) is 29.1. The Bertz CT molecular complexity index is 1250. The van der Waals surface area contributed by atoms with Crippen LogP contribution in [0.1, 0.15) is 50.1 Å². The summed E-state index contributed by atoms with van der Waals surface area (Å²) in [6.07, 6.45) is 8.22. The molecule has 2 heterocycles. The molecular weight excluding hydrogens is 487 g/mol. The number of hydrogen-bond donors (Lipinski definition) is 2. The van der Waals surface area contributed by atoms with Crippen LogP contribution >= 0.6 is 0 Å². The van der Waals surface area contributed by atoms with Crippen molar-refractivity contribution < 1.29 is 23.7 Å². The van der Waals surface area contributed by atoms with Crippen LogP contribution in [0.15, 0.2) is 42.2 Å². The van der Waals surface area contributed by atoms with E-state index in [1.54, 1.807) is 19.3 Å². The van der Waals surface area contributed by atoms with Crippen molar-refractivity contribution in [3.63, 3.8) is 0 Å². The van der Waals surface area contributed by atoms with Gasteiger partial charge in [-0.2, -0.15) is 0 Å². The third-order valence-electron chi connectivity index (χ3n) is 6.13. The molecule has 206 valence electrons. The minimum Gasteiger partial charge on any atom is -0.493 e. The third-order valence-corrected chi connectivity index (χ3v) is 6.13. The molecule has 1 aliphatic rings. The van der Waals surface area contributed by atoms with Gasteiger partial charge >= 0.3 is 0 Å². The Balaban J connectivity index is 0.00000195. The number of H-pyrrole nitrogens is 1. The zero-order valence-electron chi connectivity index (χ0n) is 23.0. The molecule has 1 aliphatic carbocycles. The zero-order chi connectivity index (χ0) is 27.5. The quantitative estimate of drug-likeness (QED) is 0.297. The van der Waals surface area contributed by atoms with Crippen molar-refractivity contribution in [3.8, 4) is 17.4 Å². The Labute approximate surface area is 224 Å². The van der Waals surface area contributed by atoms with E-state index in [4.69, 9.17) is 19.3 Å². The highest BCUT2D eigenvalue weighted by Crippen LogP contribution is 2.36. The maximum Gasteiger partial charge on any atom is 0.230 e. The molecule has 0 saturated heterocycles. The molecular formula is C29H39FN4O4. The lowest BCUT2D eigenvalue weighted by Crippen LogP contribution is -2.27. The van der Waals surface area contributed by atoms with E-state index in [0.29, 0.717) is 29.0 Å². The number of fused-ring (bicyclic) bond motifs is 2. The second-order valence-corrected chi connectivity index (χ2v) is 9.02. The zero-order valence-corrected chi connectivity index (χ0v) is 23.0. The van der Waals surface area contributed by atoms with Crippen LogP contribution in [0.3, 0.4) is 0 Å². The molecule has 0 fully saturated rings. The molecule has 0 amide bonds. The lowest BCUT2D eigenvalue weighted by Gasteiger charge is -2.21. The van der Waals surface area contributed by atoms with Crippen LogP contribution < -0.4 is 14.2 Å². The molecule has 0 bridgehead atoms. The van der Waals surface area contributed by atoms with Gasteiger partial charge in [0.25, 0.3) is 0 Å². The largest absolute Gasteiger partial charge is 0.493 e. The predicted octanol–water partition coefficient (Wildman–Crippen LogP) is 5.60. The molecule has 3 aromatic rings. The standard InChI is InChI=1S/C28H35FN4O3.CH4O/c1-5-10-33(11-6-2)12-7-13-35-27-17-24-21(16-26(27)34-4)28(31-18-30-24)36-25-9-8-23-20(15-22(25)29)14-19(3)32-23;1-2/h8-9,14,16-18,32H,5-7,10-13,15H2,1-4H3;2H,1H3. The number of aromatic amines is 1. The summed E-state index contributed by atoms with van der Waals surface area (Å²) >= 11 is 0. The first-order chi connectivity index (χ1) is 18.5. The number of rotatable bonds is 12. The van der Waals surface area contributed by atoms with Gasteiger partial charge in [0, 0.05) is 37.5 Å². The number of nitrogens with one attached hydrogen (secondary N) is 1. The van der Waals surface area contributed by atoms with Crippen molar-refractivity contribution in [3.05, 3.63) is 59.1 Å². The van der Waals surface area contributed by atoms with Gasteiger partial charge in [0.2, 0.25) is 5.88 Å². The average molecular weight is 527 g/mol. The van der Waals surface area contributed by atoms with E-state index in [9.17, 15) is 0 Å². The predicted molar refractivity (Wildman–Crippen MR) is 148 cm³/mol. The highest BCUT2D eigenvalue weighted by Gasteiger charge is 2.18. The summed E-state index contributed by atoms with van der Waals surface area (Å²) in [4.78, 5) is 14.4. The normalized spacial score (nSPS) is 12.7. The number of benzene rings is 1. The highest BCUT2D eigenvalue weighted by molar-refractivity contribution is 5.87. The van der Waals surface area contributed by atoms with Gasteiger partial charge in [-0.25, -0.2) is 14.4 Å². The maximum atomic E-state index is 15.0. The second-order valence-electron chi connectivity index (χ2n) is 9.02. The van der Waals surface area contributed by atoms with Gasteiger partial charge in [-0.1, -0.05) is 13.8 Å². The summed E-state index contributed by atoms with van der Waals surface area (Å²) in [6, 6.07) is 5.55. The monoisotopic (exact) mass is 526 g/mol. The van der Waals surface area contributed by atoms with E-state index in [1.165, 1.54) is 6.33 Å². The van der Waals surface area contributed by atoms with Gasteiger partial charge in [-0.15, -0.1) is 0 Å². The molecule has 1 aromatic carbocycles. The summed E-state index contributed by atoms with van der Waals surface area (Å²) in [5.41, 5.74) is 3.40. The van der Waals surface area contributed by atoms with Crippen LogP contribution in [0.5, 0.6) is 17.4 Å². The minimum absolute atomic E-state index is 0.125. The summed E-state index contributed by atoms with van der Waals surface area (Å²) in [6.45, 7) is 10.1. The Morgan fingerprint density at radius 2 is 1.79 bits per heavy atom. The Hall–Kier alpha value is -3.43. The van der Waals surface area contributed by atoms with Gasteiger partial charge in [0.15, 0.2) is 17.3 Å². The molecule has 0 spiro atoms. The smallest absolute Gasteiger partial charge is 0.230 e. The fourth-order valence-electron chi connectivity index (χ4n) is 4.49. The maximum absolute atomic E-state index is 15.0. The number of allylic oxidation sites excluding steroid dienone is 2. The number of methoxy groups -OCH3 is 1. The van der Waals surface area contributed by atoms with Gasteiger partial charge in [-0.3, -0.25) is 0 Å². The number of aliphatic hydroxyl groups excluding tert-OH is 1.